The molecule has 0 saturated carbocycles. The van der Waals surface area contributed by atoms with Crippen molar-refractivity contribution in [2.45, 2.75) is 6.04 Å². The molecule has 0 aliphatic carbocycles. The van der Waals surface area contributed by atoms with E-state index in [-0.39, 0.29) is 6.04 Å². The van der Waals surface area contributed by atoms with Gasteiger partial charge in [0.2, 0.25) is 0 Å². The summed E-state index contributed by atoms with van der Waals surface area (Å²) in [5, 5.41) is 2.18. The van der Waals surface area contributed by atoms with Crippen LogP contribution in [0.3, 0.4) is 0 Å². The second-order valence-electron chi connectivity index (χ2n) is 10.1. The third-order valence-corrected chi connectivity index (χ3v) is 6.90. The van der Waals surface area contributed by atoms with Gasteiger partial charge in [-0.2, -0.15) is 0 Å². The maximum absolute atomic E-state index is 3.58. The minimum absolute atomic E-state index is 0.0317. The largest absolute Gasteiger partial charge is 0.298 e. The fourth-order valence-electron chi connectivity index (χ4n) is 4.74. The van der Waals surface area contributed by atoms with E-state index in [0.717, 1.165) is 44.8 Å². The van der Waals surface area contributed by atoms with Gasteiger partial charge in [-0.3, -0.25) is 10.4 Å². The molecule has 1 aliphatic heterocycles. The van der Waals surface area contributed by atoms with Crippen LogP contribution in [0.25, 0.3) is 12.2 Å². The average molecular weight is 551 g/mol. The first-order valence-electron chi connectivity index (χ1n) is 14.3. The Morgan fingerprint density at radius 2 is 0.977 bits per heavy atom. The van der Waals surface area contributed by atoms with Gasteiger partial charge in [0.05, 0.1) is 17.4 Å². The van der Waals surface area contributed by atoms with Crippen LogP contribution in [0.4, 0.5) is 5.69 Å². The molecule has 0 spiro atoms. The van der Waals surface area contributed by atoms with E-state index in [1.54, 1.807) is 0 Å². The van der Waals surface area contributed by atoms with E-state index in [4.69, 9.17) is 0 Å². The van der Waals surface area contributed by atoms with E-state index in [1.165, 1.54) is 0 Å². The monoisotopic (exact) mass is 550 g/mol. The van der Waals surface area contributed by atoms with Crippen molar-refractivity contribution < 1.29 is 0 Å². The number of rotatable bonds is 5. The summed E-state index contributed by atoms with van der Waals surface area (Å²) in [4.78, 5) is 0. The zero-order valence-corrected chi connectivity index (χ0v) is 23.7. The molecule has 1 atom stereocenters. The Bertz CT molecular complexity index is 1890. The average Bonchev–Trinajstić information content (AvgIpc) is 3.49. The molecular weight excluding hydrogens is 520 g/mol. The van der Waals surface area contributed by atoms with Crippen molar-refractivity contribution in [2.75, 3.05) is 5.01 Å². The van der Waals surface area contributed by atoms with E-state index in [2.05, 4.69) is 119 Å². The normalized spacial score (nSPS) is 14.0. The number of nitrogens with one attached hydrogen (secondary N) is 1. The molecule has 0 aromatic heterocycles. The zero-order valence-electron chi connectivity index (χ0n) is 23.7. The highest BCUT2D eigenvalue weighted by molar-refractivity contribution is 5.62. The number of benzene rings is 5. The summed E-state index contributed by atoms with van der Waals surface area (Å²) in [6, 6.07) is 47.2. The number of nitrogens with zero attached hydrogens (tertiary/aromatic N) is 1. The van der Waals surface area contributed by atoms with Crippen LogP contribution < -0.4 is 10.4 Å². The van der Waals surface area contributed by atoms with E-state index in [1.807, 2.05) is 84.9 Å². The van der Waals surface area contributed by atoms with E-state index in [0.29, 0.717) is 0 Å². The Morgan fingerprint density at radius 3 is 1.56 bits per heavy atom. The lowest BCUT2D eigenvalue weighted by atomic mass is 10.1. The van der Waals surface area contributed by atoms with Crippen LogP contribution in [0.15, 0.2) is 163 Å². The number of hydrazine groups is 1. The molecule has 0 fully saturated rings. The summed E-state index contributed by atoms with van der Waals surface area (Å²) >= 11 is 0. The highest BCUT2D eigenvalue weighted by Gasteiger charge is 2.21. The van der Waals surface area contributed by atoms with Crippen molar-refractivity contribution in [1.82, 2.24) is 5.43 Å². The van der Waals surface area contributed by atoms with Crippen LogP contribution in [0, 0.1) is 23.7 Å². The Balaban J connectivity index is 1.20. The third-order valence-electron chi connectivity index (χ3n) is 6.90. The summed E-state index contributed by atoms with van der Waals surface area (Å²) in [5.41, 5.74) is 11.9. The molecule has 0 amide bonds. The Labute approximate surface area is 254 Å². The predicted molar refractivity (Wildman–Crippen MR) is 180 cm³/mol. The van der Waals surface area contributed by atoms with Crippen LogP contribution in [0.5, 0.6) is 0 Å². The molecule has 0 radical (unpaired) electrons. The molecule has 6 rings (SSSR count). The van der Waals surface area contributed by atoms with Gasteiger partial charge in [0.1, 0.15) is 0 Å². The third kappa shape index (κ3) is 7.62. The maximum Gasteiger partial charge on any atom is 0.0892 e. The second kappa shape index (κ2) is 13.6. The van der Waals surface area contributed by atoms with Crippen LogP contribution in [-0.2, 0) is 0 Å². The van der Waals surface area contributed by atoms with Crippen molar-refractivity contribution in [3.05, 3.63) is 197 Å². The lowest BCUT2D eigenvalue weighted by Crippen LogP contribution is -2.37. The molecule has 1 heterocycles. The Kier molecular flexibility index (Phi) is 8.61. The summed E-state index contributed by atoms with van der Waals surface area (Å²) in [5.74, 6) is 13.1. The lowest BCUT2D eigenvalue weighted by Gasteiger charge is -2.25. The summed E-state index contributed by atoms with van der Waals surface area (Å²) in [6.07, 6.45) is 10.8. The summed E-state index contributed by atoms with van der Waals surface area (Å²) in [7, 11) is 0. The quantitative estimate of drug-likeness (QED) is 0.221. The molecule has 5 aromatic carbocycles. The first kappa shape index (κ1) is 27.2. The number of anilines is 1. The topological polar surface area (TPSA) is 15.3 Å². The molecule has 204 valence electrons. The SMILES string of the molecule is C(#Cc1cccc(C=CC2=CC(C=Cc3cccc(C#Cc4ccccc4)c3)N(c3ccccc3)N2)c1)c1ccccc1. The smallest absolute Gasteiger partial charge is 0.0892 e. The standard InChI is InChI=1S/C41H30N2/c1-4-12-33(13-5-1)22-24-35-16-10-18-37(30-35)26-28-39-32-41(43(42-39)40-20-8-3-9-21-40)29-27-38-19-11-17-36(31-38)25-23-34-14-6-2-7-15-34/h1-21,26-32,41-42H. The Hall–Kier alpha value is -5.96. The van der Waals surface area contributed by atoms with Gasteiger partial charge in [0.25, 0.3) is 0 Å². The molecule has 1 unspecified atom stereocenters. The molecule has 0 saturated heterocycles. The van der Waals surface area contributed by atoms with Crippen molar-refractivity contribution in [3.63, 3.8) is 0 Å². The fraction of sp³-hybridized carbons (Fsp3) is 0.0244. The van der Waals surface area contributed by atoms with Gasteiger partial charge < -0.3 is 0 Å². The predicted octanol–water partition coefficient (Wildman–Crippen LogP) is 8.49. The molecule has 1 N–H and O–H groups in total. The van der Waals surface area contributed by atoms with E-state index < -0.39 is 0 Å². The van der Waals surface area contributed by atoms with Crippen LogP contribution >= 0.6 is 0 Å². The fourth-order valence-corrected chi connectivity index (χ4v) is 4.74. The number of allylic oxidation sites excluding steroid dienone is 1. The molecule has 5 aromatic rings. The van der Waals surface area contributed by atoms with Gasteiger partial charge in [0, 0.05) is 22.3 Å². The van der Waals surface area contributed by atoms with Gasteiger partial charge >= 0.3 is 0 Å². The maximum atomic E-state index is 3.58. The number of hydrogen-bond donors (Lipinski definition) is 1. The minimum atomic E-state index is 0.0317. The van der Waals surface area contributed by atoms with E-state index >= 15 is 0 Å². The first-order chi connectivity index (χ1) is 21.3. The highest BCUT2D eigenvalue weighted by atomic mass is 15.5. The number of para-hydroxylation sites is 1. The van der Waals surface area contributed by atoms with Gasteiger partial charge in [-0.05, 0) is 83.9 Å². The second-order valence-corrected chi connectivity index (χ2v) is 10.1. The van der Waals surface area contributed by atoms with Crippen LogP contribution in [-0.4, -0.2) is 6.04 Å². The lowest BCUT2D eigenvalue weighted by molar-refractivity contribution is 0.758. The van der Waals surface area contributed by atoms with Crippen molar-refractivity contribution in [3.8, 4) is 23.7 Å². The Morgan fingerprint density at radius 1 is 0.488 bits per heavy atom. The minimum Gasteiger partial charge on any atom is -0.298 e. The van der Waals surface area contributed by atoms with Crippen molar-refractivity contribution in [1.29, 1.82) is 0 Å². The van der Waals surface area contributed by atoms with Crippen LogP contribution in [0.2, 0.25) is 0 Å². The summed E-state index contributed by atoms with van der Waals surface area (Å²) in [6.45, 7) is 0. The van der Waals surface area contributed by atoms with E-state index in [9.17, 15) is 0 Å². The van der Waals surface area contributed by atoms with Gasteiger partial charge in [-0.25, -0.2) is 0 Å². The van der Waals surface area contributed by atoms with Crippen molar-refractivity contribution >= 4 is 17.8 Å². The molecule has 43 heavy (non-hydrogen) atoms. The molecule has 0 bridgehead atoms. The van der Waals surface area contributed by atoms with Gasteiger partial charge in [-0.15, -0.1) is 0 Å². The molecule has 2 nitrogen and oxygen atoms in total. The highest BCUT2D eigenvalue weighted by Crippen LogP contribution is 2.24. The van der Waals surface area contributed by atoms with Crippen LogP contribution in [0.1, 0.15) is 33.4 Å². The van der Waals surface area contributed by atoms with Gasteiger partial charge in [0.15, 0.2) is 0 Å². The molecule has 2 heteroatoms. The molecular formula is C41H30N2. The van der Waals surface area contributed by atoms with Crippen molar-refractivity contribution in [2.24, 2.45) is 0 Å². The van der Waals surface area contributed by atoms with Gasteiger partial charge in [-0.1, -0.05) is 121 Å². The number of hydrogen-bond acceptors (Lipinski definition) is 2. The zero-order chi connectivity index (χ0) is 29.1. The summed E-state index contributed by atoms with van der Waals surface area (Å²) < 4.78 is 0. The molecule has 1 aliphatic rings. The first-order valence-corrected chi connectivity index (χ1v) is 14.3.